The van der Waals surface area contributed by atoms with Crippen molar-refractivity contribution in [2.45, 2.75) is 90.9 Å². The van der Waals surface area contributed by atoms with Crippen LogP contribution in [0.5, 0.6) is 0 Å². The highest BCUT2D eigenvalue weighted by atomic mass is 16.3. The number of fused-ring (bicyclic) bond motifs is 10. The van der Waals surface area contributed by atoms with Gasteiger partial charge in [0.15, 0.2) is 0 Å². The van der Waals surface area contributed by atoms with Crippen LogP contribution in [-0.4, -0.2) is 0 Å². The minimum Gasteiger partial charge on any atom is -0.456 e. The van der Waals surface area contributed by atoms with Crippen LogP contribution in [0.1, 0.15) is 103 Å². The van der Waals surface area contributed by atoms with Crippen molar-refractivity contribution < 1.29 is 4.42 Å². The molecule has 0 aliphatic heterocycles. The largest absolute Gasteiger partial charge is 0.456 e. The van der Waals surface area contributed by atoms with Crippen LogP contribution in [0.25, 0.3) is 66.1 Å². The van der Waals surface area contributed by atoms with Crippen LogP contribution in [0.2, 0.25) is 0 Å². The molecule has 0 N–H and O–H groups in total. The lowest BCUT2D eigenvalue weighted by Crippen LogP contribution is -2.17. The summed E-state index contributed by atoms with van der Waals surface area (Å²) in [5.41, 5.74) is 20.6. The Morgan fingerprint density at radius 3 is 1.85 bits per heavy atom. The molecule has 0 bridgehead atoms. The van der Waals surface area contributed by atoms with Crippen LogP contribution in [-0.2, 0) is 21.7 Å². The first-order valence-corrected chi connectivity index (χ1v) is 22.3. The number of anilines is 3. The van der Waals surface area contributed by atoms with Gasteiger partial charge in [0.25, 0.3) is 0 Å². The molecule has 0 saturated heterocycles. The standard InChI is InChI=1S/C60H55NO/c1-57(2,3)38-31-46-45-34-47-51(35-54(45)62-56(46)52(32-38)58(4,5)6)60(9,10)49-23-16-24-53(55(47)49)61(40-29-30-44-43-20-13-14-22-48(43)59(7,8)50(44)33-40)39-27-25-37(26-28-39)42-21-15-18-36-17-11-12-19-41(36)42/h11-35H,1-10H3. The summed E-state index contributed by atoms with van der Waals surface area (Å²) in [6, 6.07) is 57.2. The van der Waals surface area contributed by atoms with Crippen molar-refractivity contribution in [3.63, 3.8) is 0 Å². The van der Waals surface area contributed by atoms with Crippen LogP contribution in [0, 0.1) is 0 Å². The highest BCUT2D eigenvalue weighted by molar-refractivity contribution is 6.10. The van der Waals surface area contributed by atoms with E-state index in [-0.39, 0.29) is 21.7 Å². The summed E-state index contributed by atoms with van der Waals surface area (Å²) < 4.78 is 6.96. The van der Waals surface area contributed by atoms with Crippen LogP contribution < -0.4 is 4.90 Å². The van der Waals surface area contributed by atoms with Gasteiger partial charge in [-0.05, 0) is 126 Å². The Morgan fingerprint density at radius 1 is 0.452 bits per heavy atom. The molecule has 62 heavy (non-hydrogen) atoms. The fourth-order valence-corrected chi connectivity index (χ4v) is 10.8. The highest BCUT2D eigenvalue weighted by Crippen LogP contribution is 2.57. The normalized spacial score (nSPS) is 14.9. The summed E-state index contributed by atoms with van der Waals surface area (Å²) in [7, 11) is 0. The van der Waals surface area contributed by atoms with Crippen molar-refractivity contribution in [2.24, 2.45) is 0 Å². The summed E-state index contributed by atoms with van der Waals surface area (Å²) in [5.74, 6) is 0. The van der Waals surface area contributed by atoms with Gasteiger partial charge in [0, 0.05) is 44.1 Å². The molecule has 0 amide bonds. The van der Waals surface area contributed by atoms with E-state index < -0.39 is 0 Å². The van der Waals surface area contributed by atoms with Crippen molar-refractivity contribution in [3.8, 4) is 33.4 Å². The van der Waals surface area contributed by atoms with Crippen LogP contribution in [0.3, 0.4) is 0 Å². The van der Waals surface area contributed by atoms with Gasteiger partial charge in [0.2, 0.25) is 0 Å². The molecular formula is C60H55NO. The Labute approximate surface area is 366 Å². The van der Waals surface area contributed by atoms with Gasteiger partial charge >= 0.3 is 0 Å². The van der Waals surface area contributed by atoms with E-state index >= 15 is 0 Å². The molecular weight excluding hydrogens is 751 g/mol. The Morgan fingerprint density at radius 2 is 1.08 bits per heavy atom. The quantitative estimate of drug-likeness (QED) is 0.176. The second-order valence-corrected chi connectivity index (χ2v) is 21.0. The van der Waals surface area contributed by atoms with Crippen LogP contribution in [0.15, 0.2) is 156 Å². The van der Waals surface area contributed by atoms with Gasteiger partial charge in [0.05, 0.1) is 5.69 Å². The Hall–Kier alpha value is -6.38. The summed E-state index contributed by atoms with van der Waals surface area (Å²) in [4.78, 5) is 2.52. The summed E-state index contributed by atoms with van der Waals surface area (Å²) >= 11 is 0. The smallest absolute Gasteiger partial charge is 0.139 e. The minimum absolute atomic E-state index is 0.00821. The number of rotatable bonds is 4. The first-order valence-electron chi connectivity index (χ1n) is 22.3. The fourth-order valence-electron chi connectivity index (χ4n) is 10.8. The second-order valence-electron chi connectivity index (χ2n) is 21.0. The molecule has 2 heteroatoms. The highest BCUT2D eigenvalue weighted by Gasteiger charge is 2.40. The number of nitrogens with zero attached hydrogens (tertiary/aromatic N) is 1. The van der Waals surface area contributed by atoms with Gasteiger partial charge in [-0.15, -0.1) is 0 Å². The van der Waals surface area contributed by atoms with E-state index in [0.717, 1.165) is 22.5 Å². The predicted molar refractivity (Wildman–Crippen MR) is 264 cm³/mol. The molecule has 1 heterocycles. The lowest BCUT2D eigenvalue weighted by atomic mass is 9.79. The van der Waals surface area contributed by atoms with Gasteiger partial charge in [-0.25, -0.2) is 0 Å². The third kappa shape index (κ3) is 5.61. The number of benzene rings is 8. The van der Waals surface area contributed by atoms with Crippen molar-refractivity contribution in [3.05, 3.63) is 185 Å². The number of furan rings is 1. The van der Waals surface area contributed by atoms with Gasteiger partial charge in [-0.2, -0.15) is 0 Å². The van der Waals surface area contributed by atoms with Crippen molar-refractivity contribution >= 4 is 49.8 Å². The molecule has 306 valence electrons. The van der Waals surface area contributed by atoms with Crippen molar-refractivity contribution in [1.29, 1.82) is 0 Å². The average molecular weight is 806 g/mol. The molecule has 0 atom stereocenters. The topological polar surface area (TPSA) is 16.4 Å². The van der Waals surface area contributed by atoms with Crippen LogP contribution >= 0.6 is 0 Å². The zero-order valence-corrected chi connectivity index (χ0v) is 37.8. The molecule has 2 aliphatic rings. The molecule has 0 radical (unpaired) electrons. The summed E-state index contributed by atoms with van der Waals surface area (Å²) in [6.07, 6.45) is 0. The Balaban J connectivity index is 1.15. The van der Waals surface area contributed by atoms with E-state index in [0.29, 0.717) is 0 Å². The molecule has 1 aromatic heterocycles. The first-order chi connectivity index (χ1) is 29.5. The minimum atomic E-state index is -0.247. The maximum atomic E-state index is 6.96. The summed E-state index contributed by atoms with van der Waals surface area (Å²) in [5, 5.41) is 4.89. The zero-order chi connectivity index (χ0) is 43.1. The van der Waals surface area contributed by atoms with Crippen molar-refractivity contribution in [2.75, 3.05) is 4.90 Å². The van der Waals surface area contributed by atoms with E-state index in [1.165, 1.54) is 94.0 Å². The third-order valence-corrected chi connectivity index (χ3v) is 14.3. The third-order valence-electron chi connectivity index (χ3n) is 14.3. The van der Waals surface area contributed by atoms with E-state index in [2.05, 4.69) is 226 Å². The number of hydrogen-bond donors (Lipinski definition) is 0. The fraction of sp³-hybridized carbons (Fsp3) is 0.233. The molecule has 9 aromatic rings. The maximum Gasteiger partial charge on any atom is 0.139 e. The molecule has 0 saturated carbocycles. The lowest BCUT2D eigenvalue weighted by molar-refractivity contribution is 0.559. The SMILES string of the molecule is CC(C)(C)c1cc(C(C)(C)C)c2oc3cc4c(cc3c2c1)-c1c(N(c2ccc(-c3cccc5ccccc35)cc2)c2ccc3c(c2)C(C)(C)c2ccccc2-3)cccc1C4(C)C. The second kappa shape index (κ2) is 13.1. The molecule has 0 fully saturated rings. The van der Waals surface area contributed by atoms with Crippen molar-refractivity contribution in [1.82, 2.24) is 0 Å². The van der Waals surface area contributed by atoms with E-state index in [1.54, 1.807) is 0 Å². The van der Waals surface area contributed by atoms with Gasteiger partial charge in [-0.3, -0.25) is 0 Å². The van der Waals surface area contributed by atoms with E-state index in [4.69, 9.17) is 4.42 Å². The molecule has 0 unspecified atom stereocenters. The first kappa shape index (κ1) is 38.5. The van der Waals surface area contributed by atoms with E-state index in [1.807, 2.05) is 0 Å². The molecule has 11 rings (SSSR count). The average Bonchev–Trinajstić information content (AvgIpc) is 3.81. The summed E-state index contributed by atoms with van der Waals surface area (Å²) in [6.45, 7) is 23.4. The van der Waals surface area contributed by atoms with Gasteiger partial charge in [0.1, 0.15) is 11.2 Å². The monoisotopic (exact) mass is 805 g/mol. The molecule has 8 aromatic carbocycles. The Kier molecular flexibility index (Phi) is 8.12. The zero-order valence-electron chi connectivity index (χ0n) is 37.8. The molecule has 2 nitrogen and oxygen atoms in total. The predicted octanol–water partition coefficient (Wildman–Crippen LogP) is 17.1. The van der Waals surface area contributed by atoms with Crippen LogP contribution in [0.4, 0.5) is 17.1 Å². The Bertz CT molecular complexity index is 3300. The van der Waals surface area contributed by atoms with E-state index in [9.17, 15) is 0 Å². The van der Waals surface area contributed by atoms with Gasteiger partial charge in [-0.1, -0.05) is 172 Å². The number of hydrogen-bond acceptors (Lipinski definition) is 2. The molecule has 0 spiro atoms. The molecule has 2 aliphatic carbocycles. The maximum absolute atomic E-state index is 6.96. The lowest BCUT2D eigenvalue weighted by Gasteiger charge is -2.30. The van der Waals surface area contributed by atoms with Gasteiger partial charge < -0.3 is 9.32 Å².